The second kappa shape index (κ2) is 8.91. The number of carbonyl (C=O) groups excluding carboxylic acids is 1. The Morgan fingerprint density at radius 1 is 1.00 bits per heavy atom. The van der Waals surface area contributed by atoms with E-state index in [1.807, 2.05) is 6.07 Å². The number of aromatic nitrogens is 1. The smallest absolute Gasteiger partial charge is 0.257 e. The van der Waals surface area contributed by atoms with Gasteiger partial charge in [-0.15, -0.1) is 0 Å². The molecule has 4 aromatic rings. The van der Waals surface area contributed by atoms with Crippen molar-refractivity contribution in [2.24, 2.45) is 5.14 Å². The van der Waals surface area contributed by atoms with Gasteiger partial charge in [-0.1, -0.05) is 45.5 Å². The molecule has 0 radical (unpaired) electrons. The number of hydrogen-bond acceptors (Lipinski definition) is 5. The van der Waals surface area contributed by atoms with E-state index < -0.39 is 10.0 Å². The standard InChI is InChI=1S/C22H15BrFN3O3S2/c23-16-3-1-2-15(12-16)21(28)27-22-26-19(13-4-8-17(24)9-5-13)20(31-22)14-6-10-18(11-7-14)32(25,29)30/h1-12H,(H2,25,29,30)(H,26,27,28). The van der Waals surface area contributed by atoms with E-state index in [0.29, 0.717) is 32.4 Å². The van der Waals surface area contributed by atoms with Crippen LogP contribution in [-0.4, -0.2) is 19.3 Å². The summed E-state index contributed by atoms with van der Waals surface area (Å²) in [6.07, 6.45) is 0. The lowest BCUT2D eigenvalue weighted by molar-refractivity contribution is 0.102. The SMILES string of the molecule is NS(=O)(=O)c1ccc(-c2sc(NC(=O)c3cccc(Br)c3)nc2-c2ccc(F)cc2)cc1. The maximum atomic E-state index is 13.4. The predicted octanol–water partition coefficient (Wildman–Crippen LogP) is 5.28. The van der Waals surface area contributed by atoms with E-state index in [1.165, 1.54) is 35.6 Å². The molecule has 0 unspecified atom stereocenters. The quantitative estimate of drug-likeness (QED) is 0.365. The summed E-state index contributed by atoms with van der Waals surface area (Å²) in [7, 11) is -3.83. The van der Waals surface area contributed by atoms with Gasteiger partial charge in [0.25, 0.3) is 5.91 Å². The number of primary sulfonamides is 1. The van der Waals surface area contributed by atoms with Crippen molar-refractivity contribution in [3.05, 3.63) is 88.6 Å². The fourth-order valence-corrected chi connectivity index (χ4v) is 4.87. The highest BCUT2D eigenvalue weighted by atomic mass is 79.9. The van der Waals surface area contributed by atoms with Crippen LogP contribution in [0.15, 0.2) is 82.2 Å². The molecule has 1 amide bonds. The highest BCUT2D eigenvalue weighted by Gasteiger charge is 2.18. The number of anilines is 1. The van der Waals surface area contributed by atoms with Gasteiger partial charge in [0, 0.05) is 15.6 Å². The first-order chi connectivity index (χ1) is 15.2. The topological polar surface area (TPSA) is 102 Å². The number of halogens is 2. The van der Waals surface area contributed by atoms with E-state index in [2.05, 4.69) is 26.2 Å². The predicted molar refractivity (Wildman–Crippen MR) is 126 cm³/mol. The molecule has 0 bridgehead atoms. The Morgan fingerprint density at radius 2 is 1.66 bits per heavy atom. The lowest BCUT2D eigenvalue weighted by Gasteiger charge is -2.04. The third-order valence-corrected chi connectivity index (χ3v) is 6.94. The second-order valence-corrected chi connectivity index (χ2v) is 10.2. The van der Waals surface area contributed by atoms with Crippen LogP contribution < -0.4 is 10.5 Å². The molecule has 0 saturated carbocycles. The molecule has 0 fully saturated rings. The Bertz CT molecular complexity index is 1400. The third-order valence-electron chi connectivity index (χ3n) is 4.50. The number of rotatable bonds is 5. The van der Waals surface area contributed by atoms with Gasteiger partial charge in [0.05, 0.1) is 15.5 Å². The molecule has 1 aromatic heterocycles. The number of thiazole rings is 1. The van der Waals surface area contributed by atoms with Crippen molar-refractivity contribution in [1.29, 1.82) is 0 Å². The van der Waals surface area contributed by atoms with Gasteiger partial charge in [0.1, 0.15) is 5.82 Å². The molecule has 0 spiro atoms. The van der Waals surface area contributed by atoms with Gasteiger partial charge in [-0.25, -0.2) is 22.9 Å². The molecular formula is C22H15BrFN3O3S2. The summed E-state index contributed by atoms with van der Waals surface area (Å²) >= 11 is 4.57. The monoisotopic (exact) mass is 531 g/mol. The molecule has 10 heteroatoms. The van der Waals surface area contributed by atoms with E-state index in [0.717, 1.165) is 4.47 Å². The van der Waals surface area contributed by atoms with Gasteiger partial charge < -0.3 is 0 Å². The van der Waals surface area contributed by atoms with Crippen LogP contribution in [0.25, 0.3) is 21.7 Å². The van der Waals surface area contributed by atoms with Gasteiger partial charge in [-0.2, -0.15) is 0 Å². The second-order valence-electron chi connectivity index (χ2n) is 6.74. The van der Waals surface area contributed by atoms with E-state index in [9.17, 15) is 17.6 Å². The van der Waals surface area contributed by atoms with E-state index >= 15 is 0 Å². The minimum absolute atomic E-state index is 0.0164. The molecule has 32 heavy (non-hydrogen) atoms. The van der Waals surface area contributed by atoms with Crippen molar-refractivity contribution in [3.8, 4) is 21.7 Å². The average molecular weight is 532 g/mol. The zero-order valence-corrected chi connectivity index (χ0v) is 19.5. The molecule has 0 atom stereocenters. The molecule has 0 aliphatic rings. The summed E-state index contributed by atoms with van der Waals surface area (Å²) in [5.74, 6) is -0.715. The van der Waals surface area contributed by atoms with Gasteiger partial charge in [0.15, 0.2) is 5.13 Å². The Labute approximate surface area is 196 Å². The summed E-state index contributed by atoms with van der Waals surface area (Å²) < 4.78 is 37.3. The molecule has 162 valence electrons. The highest BCUT2D eigenvalue weighted by molar-refractivity contribution is 9.10. The van der Waals surface area contributed by atoms with Crippen LogP contribution in [0.4, 0.5) is 9.52 Å². The lowest BCUT2D eigenvalue weighted by atomic mass is 10.1. The van der Waals surface area contributed by atoms with Crippen LogP contribution in [0.1, 0.15) is 10.4 Å². The molecular weight excluding hydrogens is 517 g/mol. The van der Waals surface area contributed by atoms with Gasteiger partial charge in [-0.3, -0.25) is 10.1 Å². The zero-order valence-electron chi connectivity index (χ0n) is 16.2. The number of amides is 1. The Hall–Kier alpha value is -2.92. The fourth-order valence-electron chi connectivity index (χ4n) is 2.97. The Balaban J connectivity index is 1.75. The van der Waals surface area contributed by atoms with Crippen molar-refractivity contribution in [2.75, 3.05) is 5.32 Å². The van der Waals surface area contributed by atoms with Gasteiger partial charge >= 0.3 is 0 Å². The van der Waals surface area contributed by atoms with Crippen LogP contribution in [0.3, 0.4) is 0 Å². The molecule has 3 N–H and O–H groups in total. The fraction of sp³-hybridized carbons (Fsp3) is 0. The van der Waals surface area contributed by atoms with Crippen molar-refractivity contribution in [2.45, 2.75) is 4.90 Å². The first kappa shape index (κ1) is 22.3. The average Bonchev–Trinajstić information content (AvgIpc) is 3.17. The van der Waals surface area contributed by atoms with E-state index in [-0.39, 0.29) is 16.6 Å². The van der Waals surface area contributed by atoms with Crippen molar-refractivity contribution in [3.63, 3.8) is 0 Å². The molecule has 3 aromatic carbocycles. The molecule has 0 aliphatic heterocycles. The summed E-state index contributed by atoms with van der Waals surface area (Å²) in [4.78, 5) is 17.9. The van der Waals surface area contributed by atoms with Crippen molar-refractivity contribution >= 4 is 48.3 Å². The van der Waals surface area contributed by atoms with E-state index in [4.69, 9.17) is 5.14 Å². The number of carbonyl (C=O) groups is 1. The van der Waals surface area contributed by atoms with Crippen LogP contribution in [0.2, 0.25) is 0 Å². The first-order valence-electron chi connectivity index (χ1n) is 9.17. The summed E-state index contributed by atoms with van der Waals surface area (Å²) in [5.41, 5.74) is 2.31. The van der Waals surface area contributed by atoms with Crippen molar-refractivity contribution in [1.82, 2.24) is 4.98 Å². The normalized spacial score (nSPS) is 11.3. The number of nitrogens with two attached hydrogens (primary N) is 1. The van der Waals surface area contributed by atoms with Crippen LogP contribution in [0.5, 0.6) is 0 Å². The van der Waals surface area contributed by atoms with Gasteiger partial charge in [-0.05, 0) is 60.2 Å². The zero-order chi connectivity index (χ0) is 22.9. The summed E-state index contributed by atoms with van der Waals surface area (Å²) in [5, 5.41) is 8.32. The Kier molecular flexibility index (Phi) is 6.20. The number of nitrogens with one attached hydrogen (secondary N) is 1. The maximum Gasteiger partial charge on any atom is 0.257 e. The third kappa shape index (κ3) is 4.94. The minimum atomic E-state index is -3.83. The largest absolute Gasteiger partial charge is 0.298 e. The van der Waals surface area contributed by atoms with Crippen LogP contribution in [0, 0.1) is 5.82 Å². The van der Waals surface area contributed by atoms with Gasteiger partial charge in [0.2, 0.25) is 10.0 Å². The lowest BCUT2D eigenvalue weighted by Crippen LogP contribution is -2.11. The molecule has 6 nitrogen and oxygen atoms in total. The van der Waals surface area contributed by atoms with E-state index in [1.54, 1.807) is 42.5 Å². The number of hydrogen-bond donors (Lipinski definition) is 2. The van der Waals surface area contributed by atoms with Crippen LogP contribution in [-0.2, 0) is 10.0 Å². The summed E-state index contributed by atoms with van der Waals surface area (Å²) in [6, 6.07) is 18.8. The summed E-state index contributed by atoms with van der Waals surface area (Å²) in [6.45, 7) is 0. The number of sulfonamides is 1. The molecule has 1 heterocycles. The van der Waals surface area contributed by atoms with Crippen LogP contribution >= 0.6 is 27.3 Å². The minimum Gasteiger partial charge on any atom is -0.298 e. The molecule has 0 saturated heterocycles. The highest BCUT2D eigenvalue weighted by Crippen LogP contribution is 2.39. The van der Waals surface area contributed by atoms with Crippen molar-refractivity contribution < 1.29 is 17.6 Å². The molecule has 4 rings (SSSR count). The number of benzene rings is 3. The number of nitrogens with zero attached hydrogens (tertiary/aromatic N) is 1. The first-order valence-corrected chi connectivity index (χ1v) is 12.3. The Morgan fingerprint density at radius 3 is 2.28 bits per heavy atom. The molecule has 0 aliphatic carbocycles. The maximum absolute atomic E-state index is 13.4.